The molecule has 33 heavy (non-hydrogen) atoms. The summed E-state index contributed by atoms with van der Waals surface area (Å²) in [4.78, 5) is 42.5. The van der Waals surface area contributed by atoms with E-state index in [2.05, 4.69) is 10.6 Å². The summed E-state index contributed by atoms with van der Waals surface area (Å²) in [6.45, 7) is 9.25. The van der Waals surface area contributed by atoms with Crippen LogP contribution in [0.1, 0.15) is 47.5 Å². The van der Waals surface area contributed by atoms with E-state index >= 15 is 0 Å². The first-order valence-corrected chi connectivity index (χ1v) is 11.9. The molecule has 3 saturated heterocycles. The predicted molar refractivity (Wildman–Crippen MR) is 123 cm³/mol. The van der Waals surface area contributed by atoms with Gasteiger partial charge in [0.15, 0.2) is 0 Å². The summed E-state index contributed by atoms with van der Waals surface area (Å²) in [6.07, 6.45) is 0.994. The summed E-state index contributed by atoms with van der Waals surface area (Å²) in [7, 11) is 0. The second kappa shape index (κ2) is 8.40. The van der Waals surface area contributed by atoms with E-state index in [-0.39, 0.29) is 36.3 Å². The molecule has 3 aliphatic rings. The first-order valence-electron chi connectivity index (χ1n) is 11.9. The highest BCUT2D eigenvalue weighted by atomic mass is 16.5. The van der Waals surface area contributed by atoms with Crippen LogP contribution in [-0.2, 0) is 19.1 Å². The van der Waals surface area contributed by atoms with Crippen molar-refractivity contribution >= 4 is 23.4 Å². The van der Waals surface area contributed by atoms with Gasteiger partial charge in [-0.15, -0.1) is 0 Å². The van der Waals surface area contributed by atoms with Crippen LogP contribution in [0.5, 0.6) is 0 Å². The highest BCUT2D eigenvalue weighted by Crippen LogP contribution is 2.65. The van der Waals surface area contributed by atoms with Crippen LogP contribution in [-0.4, -0.2) is 63.7 Å². The Hall–Kier alpha value is -2.45. The molecular weight excluding hydrogens is 422 g/mol. The fraction of sp³-hybridized carbons (Fsp3) is 0.640. The largest absolute Gasteiger partial charge is 0.394 e. The van der Waals surface area contributed by atoms with Crippen LogP contribution in [0.15, 0.2) is 30.3 Å². The van der Waals surface area contributed by atoms with E-state index in [1.54, 1.807) is 12.1 Å². The topological polar surface area (TPSA) is 108 Å². The molecule has 8 nitrogen and oxygen atoms in total. The van der Waals surface area contributed by atoms with E-state index in [4.69, 9.17) is 4.74 Å². The zero-order valence-corrected chi connectivity index (χ0v) is 20.0. The molecule has 3 heterocycles. The normalized spacial score (nSPS) is 35.6. The van der Waals surface area contributed by atoms with Gasteiger partial charge in [0.25, 0.3) is 0 Å². The Labute approximate surface area is 195 Å². The summed E-state index contributed by atoms with van der Waals surface area (Å²) < 4.78 is 6.64. The van der Waals surface area contributed by atoms with Gasteiger partial charge in [-0.2, -0.15) is 0 Å². The number of anilines is 1. The Kier molecular flexibility index (Phi) is 6.03. The number of fused-ring (bicyclic) bond motifs is 1. The SMILES string of the molecule is CC[C@@H](CO)N1C(=O)[C@@H]2[C@@H](C(=O)Nc3ccccc3)[C@]3(C)OC2(CC3C)C1C(=O)NC(C)C. The molecule has 1 aromatic rings. The lowest BCUT2D eigenvalue weighted by molar-refractivity contribution is -0.150. The average Bonchev–Trinajstić information content (AvgIpc) is 3.27. The van der Waals surface area contributed by atoms with Gasteiger partial charge in [0.05, 0.1) is 30.1 Å². The zero-order valence-electron chi connectivity index (χ0n) is 20.0. The van der Waals surface area contributed by atoms with Gasteiger partial charge in [0, 0.05) is 11.7 Å². The van der Waals surface area contributed by atoms with E-state index in [1.165, 1.54) is 4.90 Å². The Bertz CT molecular complexity index is 933. The Morgan fingerprint density at radius 1 is 1.24 bits per heavy atom. The smallest absolute Gasteiger partial charge is 0.246 e. The molecule has 0 radical (unpaired) electrons. The number of rotatable bonds is 7. The summed E-state index contributed by atoms with van der Waals surface area (Å²) in [5.41, 5.74) is -1.33. The van der Waals surface area contributed by atoms with Gasteiger partial charge in [0.2, 0.25) is 17.7 Å². The summed E-state index contributed by atoms with van der Waals surface area (Å²) in [5, 5.41) is 15.9. The predicted octanol–water partition coefficient (Wildman–Crippen LogP) is 1.93. The molecule has 1 spiro atoms. The standard InChI is InChI=1S/C25H35N3O5/c1-6-17(13-29)28-20(22(31)26-14(2)3)25-12-15(4)24(5,33-25)18(19(25)23(28)32)21(30)27-16-10-8-7-9-11-16/h7-11,14-15,17-20,29H,6,12-13H2,1-5H3,(H,26,31)(H,27,30)/t15?,17-,18-,19-,20?,24+,25?/m0/s1. The number of para-hydroxylation sites is 1. The number of hydrogen-bond acceptors (Lipinski definition) is 5. The lowest BCUT2D eigenvalue weighted by Crippen LogP contribution is -2.58. The quantitative estimate of drug-likeness (QED) is 0.580. The van der Waals surface area contributed by atoms with Crippen molar-refractivity contribution in [2.45, 2.75) is 76.8 Å². The van der Waals surface area contributed by atoms with Crippen molar-refractivity contribution in [2.24, 2.45) is 17.8 Å². The minimum Gasteiger partial charge on any atom is -0.394 e. The molecule has 0 aromatic heterocycles. The molecule has 3 aliphatic heterocycles. The van der Waals surface area contributed by atoms with Crippen molar-refractivity contribution in [2.75, 3.05) is 11.9 Å². The fourth-order valence-electron chi connectivity index (χ4n) is 6.29. The number of aliphatic hydroxyl groups is 1. The van der Waals surface area contributed by atoms with E-state index in [0.29, 0.717) is 18.5 Å². The first kappa shape index (κ1) is 23.7. The van der Waals surface area contributed by atoms with Crippen LogP contribution in [0.25, 0.3) is 0 Å². The van der Waals surface area contributed by atoms with Crippen molar-refractivity contribution in [3.05, 3.63) is 30.3 Å². The number of aliphatic hydroxyl groups excluding tert-OH is 1. The van der Waals surface area contributed by atoms with Crippen LogP contribution >= 0.6 is 0 Å². The number of carbonyl (C=O) groups excluding carboxylic acids is 3. The first-order chi connectivity index (χ1) is 15.6. The Balaban J connectivity index is 1.79. The summed E-state index contributed by atoms with van der Waals surface area (Å²) >= 11 is 0. The molecular formula is C25H35N3O5. The maximum atomic E-state index is 13.9. The average molecular weight is 458 g/mol. The van der Waals surface area contributed by atoms with Gasteiger partial charge < -0.3 is 25.4 Å². The molecule has 0 saturated carbocycles. The molecule has 1 aromatic carbocycles. The van der Waals surface area contributed by atoms with Crippen molar-refractivity contribution < 1.29 is 24.2 Å². The number of benzene rings is 1. The molecule has 8 heteroatoms. The molecule has 4 rings (SSSR count). The lowest BCUT2D eigenvalue weighted by atomic mass is 9.62. The number of nitrogens with zero attached hydrogens (tertiary/aromatic N) is 1. The second-order valence-corrected chi connectivity index (χ2v) is 10.2. The highest BCUT2D eigenvalue weighted by molar-refractivity contribution is 6.02. The van der Waals surface area contributed by atoms with Crippen molar-refractivity contribution in [1.29, 1.82) is 0 Å². The lowest BCUT2D eigenvalue weighted by Gasteiger charge is -2.37. The molecule has 3 fully saturated rings. The third kappa shape index (κ3) is 3.46. The number of nitrogens with one attached hydrogen (secondary N) is 2. The highest BCUT2D eigenvalue weighted by Gasteiger charge is 2.80. The van der Waals surface area contributed by atoms with Gasteiger partial charge in [-0.25, -0.2) is 0 Å². The molecule has 3 N–H and O–H groups in total. The molecule has 3 unspecified atom stereocenters. The van der Waals surface area contributed by atoms with Crippen LogP contribution in [0, 0.1) is 17.8 Å². The maximum absolute atomic E-state index is 13.9. The van der Waals surface area contributed by atoms with E-state index < -0.39 is 35.1 Å². The Morgan fingerprint density at radius 3 is 2.48 bits per heavy atom. The molecule has 180 valence electrons. The molecule has 2 bridgehead atoms. The number of likely N-dealkylation sites (tertiary alicyclic amines) is 1. The van der Waals surface area contributed by atoms with E-state index in [1.807, 2.05) is 52.8 Å². The number of hydrogen-bond donors (Lipinski definition) is 3. The van der Waals surface area contributed by atoms with Crippen LogP contribution < -0.4 is 10.6 Å². The number of carbonyl (C=O) groups is 3. The molecule has 0 aliphatic carbocycles. The molecule has 3 amide bonds. The van der Waals surface area contributed by atoms with Gasteiger partial charge in [-0.05, 0) is 51.7 Å². The summed E-state index contributed by atoms with van der Waals surface area (Å²) in [5.74, 6) is -2.43. The van der Waals surface area contributed by atoms with Crippen molar-refractivity contribution in [1.82, 2.24) is 10.2 Å². The van der Waals surface area contributed by atoms with Crippen LogP contribution in [0.3, 0.4) is 0 Å². The zero-order chi connectivity index (χ0) is 24.1. The van der Waals surface area contributed by atoms with E-state index in [0.717, 1.165) is 0 Å². The fourth-order valence-corrected chi connectivity index (χ4v) is 6.29. The van der Waals surface area contributed by atoms with Gasteiger partial charge in [0.1, 0.15) is 11.6 Å². The van der Waals surface area contributed by atoms with Crippen LogP contribution in [0.2, 0.25) is 0 Å². The van der Waals surface area contributed by atoms with Crippen LogP contribution in [0.4, 0.5) is 5.69 Å². The van der Waals surface area contributed by atoms with Gasteiger partial charge in [-0.1, -0.05) is 32.0 Å². The monoisotopic (exact) mass is 457 g/mol. The number of ether oxygens (including phenoxy) is 1. The van der Waals surface area contributed by atoms with E-state index in [9.17, 15) is 19.5 Å². The third-order valence-corrected chi connectivity index (χ3v) is 7.83. The second-order valence-electron chi connectivity index (χ2n) is 10.2. The number of amides is 3. The molecule has 7 atom stereocenters. The Morgan fingerprint density at radius 2 is 1.91 bits per heavy atom. The maximum Gasteiger partial charge on any atom is 0.246 e. The third-order valence-electron chi connectivity index (χ3n) is 7.83. The van der Waals surface area contributed by atoms with Gasteiger partial charge in [-0.3, -0.25) is 14.4 Å². The van der Waals surface area contributed by atoms with Gasteiger partial charge >= 0.3 is 0 Å². The minimum atomic E-state index is -1.11. The van der Waals surface area contributed by atoms with Crippen molar-refractivity contribution in [3.63, 3.8) is 0 Å². The van der Waals surface area contributed by atoms with Crippen molar-refractivity contribution in [3.8, 4) is 0 Å². The minimum absolute atomic E-state index is 0.0309. The summed E-state index contributed by atoms with van der Waals surface area (Å²) in [6, 6.07) is 7.59.